The molecule has 0 spiro atoms. The maximum atomic E-state index is 11.2. The number of hydrogen-bond donors (Lipinski definition) is 0. The van der Waals surface area contributed by atoms with E-state index in [0.29, 0.717) is 24.4 Å². The quantitative estimate of drug-likeness (QED) is 0.524. The molecule has 2 rings (SSSR count). The Morgan fingerprint density at radius 2 is 1.36 bits per heavy atom. The van der Waals surface area contributed by atoms with Crippen LogP contribution in [0.1, 0.15) is 32.1 Å². The lowest BCUT2D eigenvalue weighted by atomic mass is 9.99. The molecule has 2 aliphatic rings. The molecule has 11 heavy (non-hydrogen) atoms. The Hall–Kier alpha value is -0.660. The molecule has 0 aromatic carbocycles. The molecular weight excluding hydrogens is 140 g/mol. The van der Waals surface area contributed by atoms with Gasteiger partial charge < -0.3 is 0 Å². The van der Waals surface area contributed by atoms with E-state index in [1.807, 2.05) is 0 Å². The zero-order chi connectivity index (χ0) is 7.84. The van der Waals surface area contributed by atoms with Crippen LogP contribution in [0.3, 0.4) is 0 Å². The van der Waals surface area contributed by atoms with Crippen molar-refractivity contribution < 1.29 is 9.59 Å². The van der Waals surface area contributed by atoms with Gasteiger partial charge in [-0.1, -0.05) is 0 Å². The second-order valence-corrected chi connectivity index (χ2v) is 3.59. The van der Waals surface area contributed by atoms with Crippen molar-refractivity contribution in [2.75, 3.05) is 0 Å². The third-order valence-electron chi connectivity index (χ3n) is 2.71. The van der Waals surface area contributed by atoms with Crippen LogP contribution in [0.15, 0.2) is 0 Å². The lowest BCUT2D eigenvalue weighted by Gasteiger charge is -2.04. The van der Waals surface area contributed by atoms with Crippen LogP contribution < -0.4 is 0 Å². The van der Waals surface area contributed by atoms with Gasteiger partial charge in [0.15, 0.2) is 0 Å². The lowest BCUT2D eigenvalue weighted by Crippen LogP contribution is -2.11. The van der Waals surface area contributed by atoms with Crippen LogP contribution in [-0.4, -0.2) is 11.6 Å². The summed E-state index contributed by atoms with van der Waals surface area (Å²) in [5.74, 6) is 0.955. The minimum atomic E-state index is 0.141. The standard InChI is InChI=1S/C9H12O2/c10-8-3-1-2-4-9(11)7-5-6(7)8/h6-7H,1-5H2/t6-,7+. The van der Waals surface area contributed by atoms with Crippen molar-refractivity contribution in [1.29, 1.82) is 0 Å². The number of carbonyl (C=O) groups excluding carboxylic acids is 2. The molecule has 0 saturated heterocycles. The van der Waals surface area contributed by atoms with Crippen LogP contribution in [0.5, 0.6) is 0 Å². The highest BCUT2D eigenvalue weighted by Gasteiger charge is 2.47. The first-order chi connectivity index (χ1) is 5.29. The molecule has 2 atom stereocenters. The maximum absolute atomic E-state index is 11.2. The molecular formula is C9H12O2. The van der Waals surface area contributed by atoms with E-state index in [1.165, 1.54) is 0 Å². The van der Waals surface area contributed by atoms with E-state index in [4.69, 9.17) is 0 Å². The largest absolute Gasteiger partial charge is 0.299 e. The van der Waals surface area contributed by atoms with Gasteiger partial charge in [0, 0.05) is 24.7 Å². The maximum Gasteiger partial charge on any atom is 0.136 e. The minimum absolute atomic E-state index is 0.141. The second kappa shape index (κ2) is 2.43. The van der Waals surface area contributed by atoms with Gasteiger partial charge in [0.05, 0.1) is 0 Å². The molecule has 2 heteroatoms. The van der Waals surface area contributed by atoms with E-state index in [1.54, 1.807) is 0 Å². The summed E-state index contributed by atoms with van der Waals surface area (Å²) >= 11 is 0. The average molecular weight is 152 g/mol. The van der Waals surface area contributed by atoms with Gasteiger partial charge in [-0.2, -0.15) is 0 Å². The molecule has 2 fully saturated rings. The van der Waals surface area contributed by atoms with Crippen molar-refractivity contribution in [1.82, 2.24) is 0 Å². The average Bonchev–Trinajstić information content (AvgIpc) is 2.73. The van der Waals surface area contributed by atoms with Gasteiger partial charge in [0.1, 0.15) is 11.6 Å². The van der Waals surface area contributed by atoms with Crippen molar-refractivity contribution in [2.24, 2.45) is 11.8 Å². The van der Waals surface area contributed by atoms with Crippen LogP contribution in [0.4, 0.5) is 0 Å². The van der Waals surface area contributed by atoms with E-state index in [9.17, 15) is 9.59 Å². The summed E-state index contributed by atoms with van der Waals surface area (Å²) in [6, 6.07) is 0. The summed E-state index contributed by atoms with van der Waals surface area (Å²) < 4.78 is 0. The van der Waals surface area contributed by atoms with Gasteiger partial charge >= 0.3 is 0 Å². The number of carbonyl (C=O) groups is 2. The molecule has 0 aromatic rings. The Kier molecular flexibility index (Phi) is 1.55. The molecule has 0 heterocycles. The van der Waals surface area contributed by atoms with Gasteiger partial charge in [-0.05, 0) is 19.3 Å². The molecule has 2 nitrogen and oxygen atoms in total. The highest BCUT2D eigenvalue weighted by molar-refractivity contribution is 5.94. The summed E-state index contributed by atoms with van der Waals surface area (Å²) in [6.07, 6.45) is 4.14. The summed E-state index contributed by atoms with van der Waals surface area (Å²) in [4.78, 5) is 22.4. The van der Waals surface area contributed by atoms with Gasteiger partial charge in [-0.3, -0.25) is 9.59 Å². The third kappa shape index (κ3) is 1.22. The van der Waals surface area contributed by atoms with Gasteiger partial charge in [0.25, 0.3) is 0 Å². The Bertz CT molecular complexity index is 186. The van der Waals surface area contributed by atoms with Crippen LogP contribution in [0.25, 0.3) is 0 Å². The Morgan fingerprint density at radius 1 is 0.909 bits per heavy atom. The van der Waals surface area contributed by atoms with Crippen LogP contribution in [0.2, 0.25) is 0 Å². The Morgan fingerprint density at radius 3 is 1.82 bits per heavy atom. The Balaban J connectivity index is 2.05. The minimum Gasteiger partial charge on any atom is -0.299 e. The third-order valence-corrected chi connectivity index (χ3v) is 2.71. The van der Waals surface area contributed by atoms with Crippen LogP contribution in [-0.2, 0) is 9.59 Å². The van der Waals surface area contributed by atoms with Gasteiger partial charge in [0.2, 0.25) is 0 Å². The van der Waals surface area contributed by atoms with Gasteiger partial charge in [-0.15, -0.1) is 0 Å². The molecule has 0 radical (unpaired) electrons. The fraction of sp³-hybridized carbons (Fsp3) is 0.778. The SMILES string of the molecule is O=C1CCCCC(=O)[C@@H]2C[C@H]12. The molecule has 60 valence electrons. The molecule has 0 N–H and O–H groups in total. The van der Waals surface area contributed by atoms with Crippen LogP contribution in [0, 0.1) is 11.8 Å². The molecule has 0 bridgehead atoms. The predicted molar refractivity (Wildman–Crippen MR) is 40.1 cm³/mol. The lowest BCUT2D eigenvalue weighted by molar-refractivity contribution is -0.126. The van der Waals surface area contributed by atoms with Crippen LogP contribution >= 0.6 is 0 Å². The number of ketones is 2. The topological polar surface area (TPSA) is 34.1 Å². The first-order valence-electron chi connectivity index (χ1n) is 4.34. The van der Waals surface area contributed by atoms with Crippen molar-refractivity contribution >= 4 is 11.6 Å². The van der Waals surface area contributed by atoms with E-state index < -0.39 is 0 Å². The number of rotatable bonds is 0. The van der Waals surface area contributed by atoms with Crippen molar-refractivity contribution in [3.63, 3.8) is 0 Å². The van der Waals surface area contributed by atoms with E-state index >= 15 is 0 Å². The molecule has 2 saturated carbocycles. The fourth-order valence-corrected chi connectivity index (χ4v) is 1.88. The highest BCUT2D eigenvalue weighted by atomic mass is 16.1. The molecule has 2 aliphatic carbocycles. The van der Waals surface area contributed by atoms with Crippen molar-refractivity contribution in [2.45, 2.75) is 32.1 Å². The Labute approximate surface area is 66.0 Å². The molecule has 0 aromatic heterocycles. The van der Waals surface area contributed by atoms with E-state index in [2.05, 4.69) is 0 Å². The molecule has 0 aliphatic heterocycles. The summed E-state index contributed by atoms with van der Waals surface area (Å²) in [6.45, 7) is 0. The van der Waals surface area contributed by atoms with Crippen molar-refractivity contribution in [3.8, 4) is 0 Å². The number of fused-ring (bicyclic) bond motifs is 1. The first-order valence-corrected chi connectivity index (χ1v) is 4.34. The monoisotopic (exact) mass is 152 g/mol. The highest BCUT2D eigenvalue weighted by Crippen LogP contribution is 2.43. The van der Waals surface area contributed by atoms with E-state index in [-0.39, 0.29) is 11.8 Å². The van der Waals surface area contributed by atoms with Gasteiger partial charge in [-0.25, -0.2) is 0 Å². The summed E-state index contributed by atoms with van der Waals surface area (Å²) in [5, 5.41) is 0. The first kappa shape index (κ1) is 7.01. The predicted octanol–water partition coefficient (Wildman–Crippen LogP) is 1.33. The fourth-order valence-electron chi connectivity index (χ4n) is 1.88. The molecule has 0 unspecified atom stereocenters. The van der Waals surface area contributed by atoms with Crippen molar-refractivity contribution in [3.05, 3.63) is 0 Å². The smallest absolute Gasteiger partial charge is 0.136 e. The summed E-state index contributed by atoms with van der Waals surface area (Å²) in [5.41, 5.74) is 0. The zero-order valence-corrected chi connectivity index (χ0v) is 6.51. The second-order valence-electron chi connectivity index (χ2n) is 3.59. The number of Topliss-reactive ketones (excluding diaryl/α,β-unsaturated/α-hetero) is 2. The molecule has 0 amide bonds. The van der Waals surface area contributed by atoms with E-state index in [0.717, 1.165) is 19.3 Å². The zero-order valence-electron chi connectivity index (χ0n) is 6.51. The normalized spacial score (nSPS) is 37.5. The summed E-state index contributed by atoms with van der Waals surface area (Å²) in [7, 11) is 0. The number of hydrogen-bond acceptors (Lipinski definition) is 2.